The third kappa shape index (κ3) is 5.47. The monoisotopic (exact) mass is 230 g/mol. The van der Waals surface area contributed by atoms with E-state index in [1.165, 1.54) is 0 Å². The summed E-state index contributed by atoms with van der Waals surface area (Å²) in [6, 6.07) is 0. The number of rotatable bonds is 9. The van der Waals surface area contributed by atoms with E-state index in [4.69, 9.17) is 10.5 Å². The van der Waals surface area contributed by atoms with Gasteiger partial charge >= 0.3 is 0 Å². The minimum atomic E-state index is -0.704. The fourth-order valence-electron chi connectivity index (χ4n) is 1.37. The van der Waals surface area contributed by atoms with Gasteiger partial charge in [-0.2, -0.15) is 0 Å². The van der Waals surface area contributed by atoms with Crippen molar-refractivity contribution in [3.8, 4) is 0 Å². The molecule has 0 aliphatic carbocycles. The molecule has 0 saturated heterocycles. The lowest BCUT2D eigenvalue weighted by Crippen LogP contribution is -2.53. The van der Waals surface area contributed by atoms with Gasteiger partial charge in [-0.05, 0) is 25.7 Å². The Bertz CT molecular complexity index is 191. The number of nitrogens with two attached hydrogens (primary N) is 1. The zero-order valence-electron chi connectivity index (χ0n) is 10.8. The first-order chi connectivity index (χ1) is 7.60. The largest absolute Gasteiger partial charge is 0.381 e. The summed E-state index contributed by atoms with van der Waals surface area (Å²) >= 11 is 0. The van der Waals surface area contributed by atoms with Gasteiger partial charge in [0, 0.05) is 19.8 Å². The number of carbonyl (C=O) groups is 1. The zero-order chi connectivity index (χ0) is 12.4. The van der Waals surface area contributed by atoms with Crippen LogP contribution in [0.2, 0.25) is 0 Å². The molecule has 0 aliphatic rings. The molecule has 0 bridgehead atoms. The van der Waals surface area contributed by atoms with Crippen LogP contribution in [0.1, 0.15) is 46.5 Å². The second kappa shape index (κ2) is 8.53. The maximum Gasteiger partial charge on any atom is 0.240 e. The maximum absolute atomic E-state index is 11.7. The highest BCUT2D eigenvalue weighted by molar-refractivity contribution is 5.85. The van der Waals surface area contributed by atoms with Gasteiger partial charge in [0.15, 0.2) is 0 Å². The summed E-state index contributed by atoms with van der Waals surface area (Å²) in [6.45, 7) is 8.08. The van der Waals surface area contributed by atoms with E-state index in [1.54, 1.807) is 0 Å². The molecule has 4 nitrogen and oxygen atoms in total. The average molecular weight is 230 g/mol. The summed E-state index contributed by atoms with van der Waals surface area (Å²) in [5, 5.41) is 2.86. The molecule has 4 heteroatoms. The fraction of sp³-hybridized carbons (Fsp3) is 0.917. The molecule has 3 N–H and O–H groups in total. The van der Waals surface area contributed by atoms with E-state index in [2.05, 4.69) is 12.2 Å². The standard InChI is InChI=1S/C12H26N2O2/c1-4-9-16-10-7-8-14-11(15)12(13,5-2)6-3/h4-10,13H2,1-3H3,(H,14,15). The molecule has 0 atom stereocenters. The summed E-state index contributed by atoms with van der Waals surface area (Å²) in [5.74, 6) is -0.0482. The van der Waals surface area contributed by atoms with Crippen LogP contribution in [-0.4, -0.2) is 31.2 Å². The highest BCUT2D eigenvalue weighted by Gasteiger charge is 2.29. The Morgan fingerprint density at radius 3 is 2.38 bits per heavy atom. The van der Waals surface area contributed by atoms with E-state index < -0.39 is 5.54 Å². The Morgan fingerprint density at radius 1 is 1.25 bits per heavy atom. The summed E-state index contributed by atoms with van der Waals surface area (Å²) in [7, 11) is 0. The SMILES string of the molecule is CCCOCCCNC(=O)C(N)(CC)CC. The van der Waals surface area contributed by atoms with Gasteiger partial charge < -0.3 is 15.8 Å². The van der Waals surface area contributed by atoms with Crippen molar-refractivity contribution in [3.05, 3.63) is 0 Å². The Morgan fingerprint density at radius 2 is 1.88 bits per heavy atom. The van der Waals surface area contributed by atoms with Crippen molar-refractivity contribution in [2.75, 3.05) is 19.8 Å². The van der Waals surface area contributed by atoms with Crippen LogP contribution in [0.15, 0.2) is 0 Å². The third-order valence-electron chi connectivity index (χ3n) is 2.81. The highest BCUT2D eigenvalue weighted by atomic mass is 16.5. The van der Waals surface area contributed by atoms with Gasteiger partial charge in [-0.25, -0.2) is 0 Å². The predicted molar refractivity (Wildman–Crippen MR) is 66.2 cm³/mol. The van der Waals surface area contributed by atoms with Crippen LogP contribution >= 0.6 is 0 Å². The van der Waals surface area contributed by atoms with Gasteiger partial charge in [0.1, 0.15) is 0 Å². The van der Waals surface area contributed by atoms with E-state index in [0.29, 0.717) is 26.0 Å². The number of carbonyl (C=O) groups excluding carboxylic acids is 1. The van der Waals surface area contributed by atoms with E-state index >= 15 is 0 Å². The minimum Gasteiger partial charge on any atom is -0.381 e. The van der Waals surface area contributed by atoms with Crippen molar-refractivity contribution in [1.29, 1.82) is 0 Å². The number of amides is 1. The first-order valence-corrected chi connectivity index (χ1v) is 6.25. The lowest BCUT2D eigenvalue weighted by molar-refractivity contribution is -0.126. The van der Waals surface area contributed by atoms with Crippen molar-refractivity contribution in [2.45, 2.75) is 52.0 Å². The predicted octanol–water partition coefficient (Wildman–Crippen LogP) is 1.44. The Balaban J connectivity index is 3.64. The summed E-state index contributed by atoms with van der Waals surface area (Å²) in [4.78, 5) is 11.7. The summed E-state index contributed by atoms with van der Waals surface area (Å²) in [6.07, 6.45) is 3.21. The molecule has 0 spiro atoms. The van der Waals surface area contributed by atoms with Gasteiger partial charge in [0.05, 0.1) is 5.54 Å². The molecule has 0 fully saturated rings. The number of hydrogen-bond donors (Lipinski definition) is 2. The second-order valence-corrected chi connectivity index (χ2v) is 4.09. The van der Waals surface area contributed by atoms with E-state index in [-0.39, 0.29) is 5.91 Å². The van der Waals surface area contributed by atoms with E-state index in [9.17, 15) is 4.79 Å². The highest BCUT2D eigenvalue weighted by Crippen LogP contribution is 2.10. The number of hydrogen-bond acceptors (Lipinski definition) is 3. The van der Waals surface area contributed by atoms with Crippen LogP contribution in [0.25, 0.3) is 0 Å². The van der Waals surface area contributed by atoms with Crippen LogP contribution in [-0.2, 0) is 9.53 Å². The molecule has 0 unspecified atom stereocenters. The summed E-state index contributed by atoms with van der Waals surface area (Å²) in [5.41, 5.74) is 5.26. The van der Waals surface area contributed by atoms with Gasteiger partial charge in [-0.15, -0.1) is 0 Å². The Labute approximate surface area is 98.9 Å². The number of ether oxygens (including phenoxy) is 1. The van der Waals surface area contributed by atoms with E-state index in [1.807, 2.05) is 13.8 Å². The van der Waals surface area contributed by atoms with Crippen molar-refractivity contribution < 1.29 is 9.53 Å². The molecule has 0 aliphatic heterocycles. The zero-order valence-corrected chi connectivity index (χ0v) is 10.8. The van der Waals surface area contributed by atoms with Crippen molar-refractivity contribution in [1.82, 2.24) is 5.32 Å². The van der Waals surface area contributed by atoms with Crippen LogP contribution in [0.3, 0.4) is 0 Å². The molecule has 0 radical (unpaired) electrons. The molecule has 1 amide bonds. The van der Waals surface area contributed by atoms with Gasteiger partial charge in [0.2, 0.25) is 5.91 Å². The van der Waals surface area contributed by atoms with Gasteiger partial charge in [-0.1, -0.05) is 20.8 Å². The Hall–Kier alpha value is -0.610. The normalized spacial score (nSPS) is 11.5. The Kier molecular flexibility index (Phi) is 8.21. The lowest BCUT2D eigenvalue weighted by Gasteiger charge is -2.25. The molecule has 0 aromatic heterocycles. The van der Waals surface area contributed by atoms with Crippen molar-refractivity contribution in [2.24, 2.45) is 5.73 Å². The minimum absolute atomic E-state index is 0.0482. The fourth-order valence-corrected chi connectivity index (χ4v) is 1.37. The molecule has 0 rings (SSSR count). The topological polar surface area (TPSA) is 64.3 Å². The molecule has 0 aromatic carbocycles. The third-order valence-corrected chi connectivity index (χ3v) is 2.81. The average Bonchev–Trinajstić information content (AvgIpc) is 2.32. The first-order valence-electron chi connectivity index (χ1n) is 6.25. The van der Waals surface area contributed by atoms with E-state index in [0.717, 1.165) is 19.4 Å². The molecule has 0 heterocycles. The molecule has 96 valence electrons. The molecule has 0 saturated carbocycles. The molecular formula is C12H26N2O2. The van der Waals surface area contributed by atoms with Crippen LogP contribution < -0.4 is 11.1 Å². The smallest absolute Gasteiger partial charge is 0.240 e. The van der Waals surface area contributed by atoms with Crippen LogP contribution in [0.4, 0.5) is 0 Å². The molecule has 16 heavy (non-hydrogen) atoms. The first kappa shape index (κ1) is 15.4. The maximum atomic E-state index is 11.7. The van der Waals surface area contributed by atoms with Gasteiger partial charge in [-0.3, -0.25) is 4.79 Å². The quantitative estimate of drug-likeness (QED) is 0.589. The number of nitrogens with one attached hydrogen (secondary N) is 1. The second-order valence-electron chi connectivity index (χ2n) is 4.09. The molecule has 0 aromatic rings. The summed E-state index contributed by atoms with van der Waals surface area (Å²) < 4.78 is 5.32. The van der Waals surface area contributed by atoms with Crippen molar-refractivity contribution >= 4 is 5.91 Å². The van der Waals surface area contributed by atoms with Gasteiger partial charge in [0.25, 0.3) is 0 Å². The van der Waals surface area contributed by atoms with Crippen molar-refractivity contribution in [3.63, 3.8) is 0 Å². The molecular weight excluding hydrogens is 204 g/mol. The lowest BCUT2D eigenvalue weighted by atomic mass is 9.93. The van der Waals surface area contributed by atoms with Crippen LogP contribution in [0.5, 0.6) is 0 Å². The van der Waals surface area contributed by atoms with Crippen LogP contribution in [0, 0.1) is 0 Å².